The summed E-state index contributed by atoms with van der Waals surface area (Å²) in [4.78, 5) is 5.73. The van der Waals surface area contributed by atoms with Crippen molar-refractivity contribution < 1.29 is 4.74 Å². The van der Waals surface area contributed by atoms with Crippen molar-refractivity contribution in [1.82, 2.24) is 4.98 Å². The highest BCUT2D eigenvalue weighted by molar-refractivity contribution is 7.11. The summed E-state index contributed by atoms with van der Waals surface area (Å²) in [5.41, 5.74) is 5.49. The lowest BCUT2D eigenvalue weighted by Gasteiger charge is -2.20. The lowest BCUT2D eigenvalue weighted by atomic mass is 10.0. The Bertz CT molecular complexity index is 281. The van der Waals surface area contributed by atoms with Crippen molar-refractivity contribution in [2.75, 3.05) is 19.8 Å². The lowest BCUT2D eigenvalue weighted by Crippen LogP contribution is -2.14. The molecule has 0 aliphatic carbocycles. The van der Waals surface area contributed by atoms with Crippen LogP contribution in [-0.2, 0) is 11.2 Å². The van der Waals surface area contributed by atoms with Gasteiger partial charge in [0.25, 0.3) is 0 Å². The fourth-order valence-electron chi connectivity index (χ4n) is 1.72. The van der Waals surface area contributed by atoms with Crippen molar-refractivity contribution in [3.05, 3.63) is 16.1 Å². The summed E-state index contributed by atoms with van der Waals surface area (Å²) in [6.07, 6.45) is 5.31. The van der Waals surface area contributed by atoms with Gasteiger partial charge in [-0.3, -0.25) is 0 Å². The van der Waals surface area contributed by atoms with Gasteiger partial charge in [-0.25, -0.2) is 4.98 Å². The van der Waals surface area contributed by atoms with Crippen LogP contribution in [0.15, 0.2) is 6.20 Å². The summed E-state index contributed by atoms with van der Waals surface area (Å²) in [5, 5.41) is 1.16. The molecule has 0 aromatic carbocycles. The van der Waals surface area contributed by atoms with Crippen molar-refractivity contribution in [3.8, 4) is 0 Å². The minimum atomic E-state index is 0.577. The van der Waals surface area contributed by atoms with E-state index in [1.54, 1.807) is 11.3 Å². The van der Waals surface area contributed by atoms with Crippen LogP contribution in [0.3, 0.4) is 0 Å². The third-order valence-electron chi connectivity index (χ3n) is 2.49. The molecular formula is C10H16N2OS. The maximum atomic E-state index is 5.49. The highest BCUT2D eigenvalue weighted by Gasteiger charge is 2.18. The van der Waals surface area contributed by atoms with Crippen molar-refractivity contribution in [2.24, 2.45) is 5.73 Å². The molecular weight excluding hydrogens is 196 g/mol. The van der Waals surface area contributed by atoms with E-state index in [9.17, 15) is 0 Å². The molecule has 0 saturated carbocycles. The van der Waals surface area contributed by atoms with Gasteiger partial charge in [-0.2, -0.15) is 0 Å². The monoisotopic (exact) mass is 212 g/mol. The number of rotatable bonds is 3. The summed E-state index contributed by atoms with van der Waals surface area (Å²) in [6, 6.07) is 0. The smallest absolute Gasteiger partial charge is 0.0940 e. The molecule has 0 radical (unpaired) electrons. The number of nitrogens with zero attached hydrogens (tertiary/aromatic N) is 1. The average molecular weight is 212 g/mol. The van der Waals surface area contributed by atoms with Gasteiger partial charge >= 0.3 is 0 Å². The van der Waals surface area contributed by atoms with Gasteiger partial charge in [0.05, 0.1) is 11.6 Å². The Labute approximate surface area is 88.3 Å². The van der Waals surface area contributed by atoms with Crippen molar-refractivity contribution >= 4 is 11.3 Å². The molecule has 14 heavy (non-hydrogen) atoms. The summed E-state index contributed by atoms with van der Waals surface area (Å²) in [6.45, 7) is 2.48. The van der Waals surface area contributed by atoms with Crippen LogP contribution in [-0.4, -0.2) is 24.7 Å². The SMILES string of the molecule is NCCc1ncc(C2CCCOC2)s1. The molecule has 78 valence electrons. The Morgan fingerprint density at radius 1 is 1.64 bits per heavy atom. The molecule has 2 heterocycles. The largest absolute Gasteiger partial charge is 0.381 e. The maximum absolute atomic E-state index is 5.49. The minimum Gasteiger partial charge on any atom is -0.381 e. The molecule has 3 nitrogen and oxygen atoms in total. The molecule has 2 N–H and O–H groups in total. The van der Waals surface area contributed by atoms with Crippen LogP contribution in [0.2, 0.25) is 0 Å². The first-order valence-corrected chi connectivity index (χ1v) is 5.94. The number of thiazole rings is 1. The third kappa shape index (κ3) is 2.32. The van der Waals surface area contributed by atoms with Crippen molar-refractivity contribution in [2.45, 2.75) is 25.2 Å². The third-order valence-corrected chi connectivity index (χ3v) is 3.71. The Kier molecular flexibility index (Phi) is 3.50. The fraction of sp³-hybridized carbons (Fsp3) is 0.700. The molecule has 1 aliphatic heterocycles. The Hall–Kier alpha value is -0.450. The number of hydrogen-bond acceptors (Lipinski definition) is 4. The second-order valence-corrected chi connectivity index (χ2v) is 4.76. The summed E-state index contributed by atoms with van der Waals surface area (Å²) >= 11 is 1.79. The van der Waals surface area contributed by atoms with E-state index < -0.39 is 0 Å². The lowest BCUT2D eigenvalue weighted by molar-refractivity contribution is 0.0813. The van der Waals surface area contributed by atoms with Crippen LogP contribution >= 0.6 is 11.3 Å². The highest BCUT2D eigenvalue weighted by atomic mass is 32.1. The van der Waals surface area contributed by atoms with Crippen LogP contribution in [0.5, 0.6) is 0 Å². The predicted octanol–water partition coefficient (Wildman–Crippen LogP) is 1.54. The van der Waals surface area contributed by atoms with Crippen LogP contribution in [0.4, 0.5) is 0 Å². The molecule has 0 bridgehead atoms. The number of ether oxygens (including phenoxy) is 1. The van der Waals surface area contributed by atoms with E-state index in [0.717, 1.165) is 24.6 Å². The van der Waals surface area contributed by atoms with E-state index in [1.165, 1.54) is 17.7 Å². The topological polar surface area (TPSA) is 48.1 Å². The second kappa shape index (κ2) is 4.87. The fourth-order valence-corrected chi connectivity index (χ4v) is 2.77. The first-order valence-electron chi connectivity index (χ1n) is 5.12. The molecule has 1 aromatic heterocycles. The normalized spacial score (nSPS) is 22.5. The van der Waals surface area contributed by atoms with E-state index >= 15 is 0 Å². The summed E-state index contributed by atoms with van der Waals surface area (Å²) in [7, 11) is 0. The van der Waals surface area contributed by atoms with E-state index in [1.807, 2.05) is 6.20 Å². The quantitative estimate of drug-likeness (QED) is 0.826. The first-order chi connectivity index (χ1) is 6.90. The zero-order chi connectivity index (χ0) is 9.80. The first kappa shape index (κ1) is 10.1. The Morgan fingerprint density at radius 2 is 2.57 bits per heavy atom. The standard InChI is InChI=1S/C10H16N2OS/c11-4-3-10-12-6-9(14-10)8-2-1-5-13-7-8/h6,8H,1-5,7,11H2. The van der Waals surface area contributed by atoms with Gasteiger partial charge in [0.15, 0.2) is 0 Å². The molecule has 1 fully saturated rings. The van der Waals surface area contributed by atoms with E-state index in [2.05, 4.69) is 4.98 Å². The molecule has 1 aromatic rings. The molecule has 1 unspecified atom stereocenters. The van der Waals surface area contributed by atoms with Crippen molar-refractivity contribution in [1.29, 1.82) is 0 Å². The maximum Gasteiger partial charge on any atom is 0.0940 e. The molecule has 0 spiro atoms. The van der Waals surface area contributed by atoms with Gasteiger partial charge < -0.3 is 10.5 Å². The zero-order valence-corrected chi connectivity index (χ0v) is 9.05. The molecule has 2 rings (SSSR count). The summed E-state index contributed by atoms with van der Waals surface area (Å²) in [5.74, 6) is 0.577. The zero-order valence-electron chi connectivity index (χ0n) is 8.24. The molecule has 1 aliphatic rings. The average Bonchev–Trinajstić information content (AvgIpc) is 2.68. The second-order valence-electron chi connectivity index (χ2n) is 3.61. The van der Waals surface area contributed by atoms with E-state index in [-0.39, 0.29) is 0 Å². The number of hydrogen-bond donors (Lipinski definition) is 1. The van der Waals surface area contributed by atoms with Crippen LogP contribution in [0.1, 0.15) is 28.6 Å². The summed E-state index contributed by atoms with van der Waals surface area (Å²) < 4.78 is 5.46. The number of aromatic nitrogens is 1. The molecule has 1 atom stereocenters. The van der Waals surface area contributed by atoms with E-state index in [0.29, 0.717) is 12.5 Å². The van der Waals surface area contributed by atoms with Gasteiger partial charge in [0.1, 0.15) is 0 Å². The molecule has 1 saturated heterocycles. The highest BCUT2D eigenvalue weighted by Crippen LogP contribution is 2.29. The minimum absolute atomic E-state index is 0.577. The number of nitrogens with two attached hydrogens (primary N) is 1. The van der Waals surface area contributed by atoms with Crippen molar-refractivity contribution in [3.63, 3.8) is 0 Å². The Morgan fingerprint density at radius 3 is 3.29 bits per heavy atom. The van der Waals surface area contributed by atoms with Gasteiger partial charge in [-0.15, -0.1) is 11.3 Å². The van der Waals surface area contributed by atoms with Gasteiger partial charge in [0, 0.05) is 30.0 Å². The van der Waals surface area contributed by atoms with Gasteiger partial charge in [-0.05, 0) is 19.4 Å². The molecule has 0 amide bonds. The predicted molar refractivity (Wildman–Crippen MR) is 57.7 cm³/mol. The van der Waals surface area contributed by atoms with Crippen LogP contribution < -0.4 is 5.73 Å². The van der Waals surface area contributed by atoms with Gasteiger partial charge in [0.2, 0.25) is 0 Å². The Balaban J connectivity index is 2.00. The van der Waals surface area contributed by atoms with Crippen LogP contribution in [0, 0.1) is 0 Å². The van der Waals surface area contributed by atoms with Gasteiger partial charge in [-0.1, -0.05) is 0 Å². The van der Waals surface area contributed by atoms with Crippen LogP contribution in [0.25, 0.3) is 0 Å². The molecule has 4 heteroatoms. The van der Waals surface area contributed by atoms with E-state index in [4.69, 9.17) is 10.5 Å².